The van der Waals surface area contributed by atoms with Gasteiger partial charge in [0.1, 0.15) is 0 Å². The van der Waals surface area contributed by atoms with Gasteiger partial charge in [0, 0.05) is 12.6 Å². The van der Waals surface area contributed by atoms with Crippen LogP contribution in [0.25, 0.3) is 0 Å². The quantitative estimate of drug-likeness (QED) is 0.758. The van der Waals surface area contributed by atoms with Crippen LogP contribution in [0.3, 0.4) is 0 Å². The topological polar surface area (TPSA) is 55.1 Å². The second-order valence-electron chi connectivity index (χ2n) is 4.21. The predicted octanol–water partition coefficient (Wildman–Crippen LogP) is 1.13. The predicted molar refractivity (Wildman–Crippen MR) is 59.2 cm³/mol. The molecule has 3 nitrogen and oxygen atoms in total. The van der Waals surface area contributed by atoms with E-state index in [2.05, 4.69) is 30.4 Å². The van der Waals surface area contributed by atoms with E-state index in [4.69, 9.17) is 5.73 Å². The Bertz CT molecular complexity index is 376. The van der Waals surface area contributed by atoms with Gasteiger partial charge in [0.2, 0.25) is 5.91 Å². The van der Waals surface area contributed by atoms with Gasteiger partial charge in [-0.15, -0.1) is 0 Å². The molecule has 2 atom stereocenters. The van der Waals surface area contributed by atoms with Crippen molar-refractivity contribution in [2.24, 2.45) is 11.7 Å². The number of nitrogens with two attached hydrogens (primary N) is 1. The molecular weight excluding hydrogens is 188 g/mol. The zero-order chi connectivity index (χ0) is 10.8. The highest BCUT2D eigenvalue weighted by molar-refractivity contribution is 5.77. The van der Waals surface area contributed by atoms with Crippen LogP contribution in [0.5, 0.6) is 0 Å². The fraction of sp³-hybridized carbons (Fsp3) is 0.417. The summed E-state index contributed by atoms with van der Waals surface area (Å²) in [5.74, 6) is -0.215. The molecule has 1 amide bonds. The van der Waals surface area contributed by atoms with Gasteiger partial charge in [0.25, 0.3) is 0 Å². The van der Waals surface area contributed by atoms with Gasteiger partial charge in [-0.1, -0.05) is 29.8 Å². The molecule has 0 aromatic heterocycles. The first-order chi connectivity index (χ1) is 7.16. The Balaban J connectivity index is 2.11. The third kappa shape index (κ3) is 2.18. The second kappa shape index (κ2) is 4.03. The lowest BCUT2D eigenvalue weighted by Gasteiger charge is -2.11. The molecule has 1 aromatic rings. The molecule has 3 heteroatoms. The molecule has 1 fully saturated rings. The van der Waals surface area contributed by atoms with E-state index in [-0.39, 0.29) is 17.9 Å². The monoisotopic (exact) mass is 204 g/mol. The standard InChI is InChI=1S/C12H16N2O/c1-8-3-2-4-9(5-8)11-6-10(7-14-11)12(13)15/h2-5,10-11,14H,6-7H2,1H3,(H2,13,15). The summed E-state index contributed by atoms with van der Waals surface area (Å²) in [7, 11) is 0. The summed E-state index contributed by atoms with van der Waals surface area (Å²) in [6.07, 6.45) is 0.818. The van der Waals surface area contributed by atoms with Crippen molar-refractivity contribution in [2.45, 2.75) is 19.4 Å². The number of rotatable bonds is 2. The lowest BCUT2D eigenvalue weighted by Crippen LogP contribution is -2.24. The van der Waals surface area contributed by atoms with Crippen molar-refractivity contribution < 1.29 is 4.79 Å². The van der Waals surface area contributed by atoms with Crippen LogP contribution in [0.2, 0.25) is 0 Å². The zero-order valence-electron chi connectivity index (χ0n) is 8.86. The maximum atomic E-state index is 11.0. The van der Waals surface area contributed by atoms with Gasteiger partial charge in [-0.25, -0.2) is 0 Å². The van der Waals surface area contributed by atoms with E-state index in [9.17, 15) is 4.79 Å². The first-order valence-corrected chi connectivity index (χ1v) is 5.26. The van der Waals surface area contributed by atoms with E-state index in [1.165, 1.54) is 11.1 Å². The van der Waals surface area contributed by atoms with Crippen molar-refractivity contribution >= 4 is 5.91 Å². The largest absolute Gasteiger partial charge is 0.369 e. The van der Waals surface area contributed by atoms with E-state index >= 15 is 0 Å². The lowest BCUT2D eigenvalue weighted by atomic mass is 9.98. The average molecular weight is 204 g/mol. The molecule has 1 aliphatic rings. The number of hydrogen-bond donors (Lipinski definition) is 2. The van der Waals surface area contributed by atoms with Gasteiger partial charge in [-0.2, -0.15) is 0 Å². The minimum atomic E-state index is -0.197. The Morgan fingerprint density at radius 3 is 2.93 bits per heavy atom. The number of benzene rings is 1. The van der Waals surface area contributed by atoms with E-state index in [0.717, 1.165) is 6.42 Å². The first kappa shape index (κ1) is 10.2. The van der Waals surface area contributed by atoms with Gasteiger partial charge < -0.3 is 11.1 Å². The van der Waals surface area contributed by atoms with Crippen LogP contribution in [0.4, 0.5) is 0 Å². The first-order valence-electron chi connectivity index (χ1n) is 5.26. The summed E-state index contributed by atoms with van der Waals surface area (Å²) in [5.41, 5.74) is 7.78. The molecule has 1 heterocycles. The molecule has 15 heavy (non-hydrogen) atoms. The molecule has 80 valence electrons. The molecule has 0 saturated carbocycles. The molecule has 1 saturated heterocycles. The number of primary amides is 1. The maximum Gasteiger partial charge on any atom is 0.221 e. The molecule has 2 rings (SSSR count). The van der Waals surface area contributed by atoms with Crippen molar-refractivity contribution in [3.63, 3.8) is 0 Å². The van der Waals surface area contributed by atoms with Gasteiger partial charge >= 0.3 is 0 Å². The summed E-state index contributed by atoms with van der Waals surface area (Å²) in [6.45, 7) is 2.78. The fourth-order valence-electron chi connectivity index (χ4n) is 2.09. The van der Waals surface area contributed by atoms with Crippen LogP contribution in [-0.4, -0.2) is 12.5 Å². The highest BCUT2D eigenvalue weighted by Gasteiger charge is 2.28. The van der Waals surface area contributed by atoms with Crippen LogP contribution in [0.15, 0.2) is 24.3 Å². The SMILES string of the molecule is Cc1cccc(C2CC(C(N)=O)CN2)c1. The van der Waals surface area contributed by atoms with Crippen molar-refractivity contribution in [3.8, 4) is 0 Å². The summed E-state index contributed by atoms with van der Waals surface area (Å²) >= 11 is 0. The molecule has 0 bridgehead atoms. The van der Waals surface area contributed by atoms with Crippen molar-refractivity contribution in [1.29, 1.82) is 0 Å². The van der Waals surface area contributed by atoms with Gasteiger partial charge in [-0.3, -0.25) is 4.79 Å². The molecule has 3 N–H and O–H groups in total. The van der Waals surface area contributed by atoms with Crippen molar-refractivity contribution in [3.05, 3.63) is 35.4 Å². The summed E-state index contributed by atoms with van der Waals surface area (Å²) in [5, 5.41) is 3.33. The number of nitrogens with one attached hydrogen (secondary N) is 1. The summed E-state index contributed by atoms with van der Waals surface area (Å²) < 4.78 is 0. The van der Waals surface area contributed by atoms with Crippen molar-refractivity contribution in [1.82, 2.24) is 5.32 Å². The fourth-order valence-corrected chi connectivity index (χ4v) is 2.09. The minimum Gasteiger partial charge on any atom is -0.369 e. The molecule has 0 spiro atoms. The molecule has 2 unspecified atom stereocenters. The Morgan fingerprint density at radius 1 is 1.53 bits per heavy atom. The highest BCUT2D eigenvalue weighted by Crippen LogP contribution is 2.27. The molecular formula is C12H16N2O. The van der Waals surface area contributed by atoms with E-state index in [0.29, 0.717) is 6.54 Å². The number of amides is 1. The smallest absolute Gasteiger partial charge is 0.221 e. The summed E-state index contributed by atoms with van der Waals surface area (Å²) in [4.78, 5) is 11.0. The second-order valence-corrected chi connectivity index (χ2v) is 4.21. The lowest BCUT2D eigenvalue weighted by molar-refractivity contribution is -0.121. The number of aryl methyl sites for hydroxylation is 1. The number of carbonyl (C=O) groups excluding carboxylic acids is 1. The van der Waals surface area contributed by atoms with E-state index in [1.807, 2.05) is 6.07 Å². The Kier molecular flexibility index (Phi) is 2.73. The number of hydrogen-bond acceptors (Lipinski definition) is 2. The van der Waals surface area contributed by atoms with Gasteiger partial charge in [0.05, 0.1) is 5.92 Å². The zero-order valence-corrected chi connectivity index (χ0v) is 8.86. The van der Waals surface area contributed by atoms with Crippen molar-refractivity contribution in [2.75, 3.05) is 6.54 Å². The maximum absolute atomic E-state index is 11.0. The minimum absolute atomic E-state index is 0.0180. The van der Waals surface area contributed by atoms with Crippen LogP contribution >= 0.6 is 0 Å². The number of carbonyl (C=O) groups is 1. The molecule has 1 aliphatic heterocycles. The Morgan fingerprint density at radius 2 is 2.33 bits per heavy atom. The van der Waals surface area contributed by atoms with Crippen LogP contribution < -0.4 is 11.1 Å². The van der Waals surface area contributed by atoms with Crippen LogP contribution in [0.1, 0.15) is 23.6 Å². The van der Waals surface area contributed by atoms with Crippen LogP contribution in [0, 0.1) is 12.8 Å². The Hall–Kier alpha value is -1.35. The third-order valence-electron chi connectivity index (χ3n) is 2.98. The van der Waals surface area contributed by atoms with Gasteiger partial charge in [-0.05, 0) is 18.9 Å². The molecule has 0 aliphatic carbocycles. The molecule has 0 radical (unpaired) electrons. The van der Waals surface area contributed by atoms with Crippen LogP contribution in [-0.2, 0) is 4.79 Å². The normalized spacial score (nSPS) is 25.4. The highest BCUT2D eigenvalue weighted by atomic mass is 16.1. The van der Waals surface area contributed by atoms with E-state index in [1.54, 1.807) is 0 Å². The molecule has 1 aromatic carbocycles. The van der Waals surface area contributed by atoms with E-state index < -0.39 is 0 Å². The third-order valence-corrected chi connectivity index (χ3v) is 2.98. The average Bonchev–Trinajstić information content (AvgIpc) is 2.66. The summed E-state index contributed by atoms with van der Waals surface area (Å²) in [6, 6.07) is 8.64. The van der Waals surface area contributed by atoms with Gasteiger partial charge in [0.15, 0.2) is 0 Å². The Labute approximate surface area is 89.7 Å².